The molecule has 2 aromatic heterocycles. The first-order valence-electron chi connectivity index (χ1n) is 6.66. The summed E-state index contributed by atoms with van der Waals surface area (Å²) in [6.45, 7) is 8.51. The zero-order valence-corrected chi connectivity index (χ0v) is 13.4. The predicted molar refractivity (Wildman–Crippen MR) is 84.1 cm³/mol. The Labute approximate surface area is 128 Å². The summed E-state index contributed by atoms with van der Waals surface area (Å²) in [5.41, 5.74) is 1.71. The molecule has 21 heavy (non-hydrogen) atoms. The summed E-state index contributed by atoms with van der Waals surface area (Å²) in [6.07, 6.45) is 0. The van der Waals surface area contributed by atoms with Crippen LogP contribution in [0.2, 0.25) is 0 Å². The fraction of sp³-hybridized carbons (Fsp3) is 0.400. The van der Waals surface area contributed by atoms with Crippen LogP contribution in [0.5, 0.6) is 0 Å². The minimum atomic E-state index is -0.949. The van der Waals surface area contributed by atoms with Gasteiger partial charge in [-0.3, -0.25) is 0 Å². The van der Waals surface area contributed by atoms with E-state index in [0.717, 1.165) is 16.4 Å². The van der Waals surface area contributed by atoms with Gasteiger partial charge in [0.05, 0.1) is 22.8 Å². The first-order valence-corrected chi connectivity index (χ1v) is 7.54. The van der Waals surface area contributed by atoms with Crippen LogP contribution in [-0.4, -0.2) is 21.0 Å². The molecule has 0 aliphatic carbocycles. The number of carboxylic acid groups (broad SMARTS) is 1. The molecular weight excluding hydrogens is 286 g/mol. The van der Waals surface area contributed by atoms with Crippen LogP contribution in [0.3, 0.4) is 0 Å². The van der Waals surface area contributed by atoms with E-state index in [1.165, 1.54) is 0 Å². The van der Waals surface area contributed by atoms with Gasteiger partial charge in [-0.25, -0.2) is 14.8 Å². The number of nitrogens with zero attached hydrogens (tertiary/aromatic N) is 2. The lowest BCUT2D eigenvalue weighted by molar-refractivity contribution is 0.0696. The van der Waals surface area contributed by atoms with Crippen LogP contribution in [0.15, 0.2) is 17.5 Å². The number of carboxylic acids is 1. The standard InChI is InChI=1S/C15H19N3O2S/c1-9-17-11(8-21-9)7-16-13-6-10(14(19)20)5-12(18-13)15(2,3)4/h5-6,8H,7H2,1-4H3,(H,16,18)(H,19,20). The highest BCUT2D eigenvalue weighted by Gasteiger charge is 2.19. The van der Waals surface area contributed by atoms with E-state index in [9.17, 15) is 9.90 Å². The molecule has 5 nitrogen and oxygen atoms in total. The van der Waals surface area contributed by atoms with E-state index in [1.807, 2.05) is 33.1 Å². The molecule has 0 bridgehead atoms. The minimum absolute atomic E-state index is 0.209. The molecule has 2 N–H and O–H groups in total. The quantitative estimate of drug-likeness (QED) is 0.905. The van der Waals surface area contributed by atoms with Crippen LogP contribution in [0.1, 0.15) is 47.5 Å². The Kier molecular flexibility index (Phi) is 4.27. The van der Waals surface area contributed by atoms with Crippen molar-refractivity contribution in [2.24, 2.45) is 0 Å². The maximum Gasteiger partial charge on any atom is 0.335 e. The molecule has 0 amide bonds. The molecule has 0 saturated heterocycles. The van der Waals surface area contributed by atoms with E-state index in [-0.39, 0.29) is 11.0 Å². The van der Waals surface area contributed by atoms with Crippen molar-refractivity contribution in [2.75, 3.05) is 5.32 Å². The van der Waals surface area contributed by atoms with Crippen molar-refractivity contribution >= 4 is 23.1 Å². The predicted octanol–water partition coefficient (Wildman–Crippen LogP) is 3.45. The molecule has 0 aromatic carbocycles. The smallest absolute Gasteiger partial charge is 0.335 e. The normalized spacial score (nSPS) is 11.4. The van der Waals surface area contributed by atoms with Crippen LogP contribution in [0.4, 0.5) is 5.82 Å². The number of pyridine rings is 1. The van der Waals surface area contributed by atoms with E-state index >= 15 is 0 Å². The van der Waals surface area contributed by atoms with E-state index in [2.05, 4.69) is 15.3 Å². The van der Waals surface area contributed by atoms with Crippen LogP contribution >= 0.6 is 11.3 Å². The van der Waals surface area contributed by atoms with Gasteiger partial charge in [0.1, 0.15) is 5.82 Å². The van der Waals surface area contributed by atoms with Crippen molar-refractivity contribution in [3.63, 3.8) is 0 Å². The molecule has 0 saturated carbocycles. The molecule has 0 aliphatic rings. The maximum atomic E-state index is 11.2. The molecule has 0 spiro atoms. The lowest BCUT2D eigenvalue weighted by Gasteiger charge is -2.19. The van der Waals surface area contributed by atoms with E-state index in [0.29, 0.717) is 12.4 Å². The molecule has 2 aromatic rings. The molecule has 0 aliphatic heterocycles. The van der Waals surface area contributed by atoms with Gasteiger partial charge in [-0.05, 0) is 19.1 Å². The second kappa shape index (κ2) is 5.81. The van der Waals surface area contributed by atoms with Gasteiger partial charge in [0.15, 0.2) is 0 Å². The summed E-state index contributed by atoms with van der Waals surface area (Å²) in [5, 5.41) is 15.4. The van der Waals surface area contributed by atoms with Crippen molar-refractivity contribution in [2.45, 2.75) is 39.7 Å². The van der Waals surface area contributed by atoms with Gasteiger partial charge in [-0.15, -0.1) is 11.3 Å². The number of carbonyl (C=O) groups is 1. The molecule has 112 valence electrons. The Hall–Kier alpha value is -1.95. The molecule has 0 radical (unpaired) electrons. The summed E-state index contributed by atoms with van der Waals surface area (Å²) < 4.78 is 0. The average molecular weight is 305 g/mol. The summed E-state index contributed by atoms with van der Waals surface area (Å²) in [6, 6.07) is 3.18. The third kappa shape index (κ3) is 4.01. The Morgan fingerprint density at radius 1 is 1.33 bits per heavy atom. The fourth-order valence-corrected chi connectivity index (χ4v) is 2.41. The first kappa shape index (κ1) is 15.4. The maximum absolute atomic E-state index is 11.2. The summed E-state index contributed by atoms with van der Waals surface area (Å²) in [4.78, 5) is 20.1. The SMILES string of the molecule is Cc1nc(CNc2cc(C(=O)O)cc(C(C)(C)C)n2)cs1. The molecular formula is C15H19N3O2S. The van der Waals surface area contributed by atoms with Gasteiger partial charge < -0.3 is 10.4 Å². The summed E-state index contributed by atoms with van der Waals surface area (Å²) >= 11 is 1.59. The van der Waals surface area contributed by atoms with Crippen molar-refractivity contribution in [3.8, 4) is 0 Å². The highest BCUT2D eigenvalue weighted by atomic mass is 32.1. The van der Waals surface area contributed by atoms with Gasteiger partial charge >= 0.3 is 5.97 Å². The number of thiazole rings is 1. The lowest BCUT2D eigenvalue weighted by Crippen LogP contribution is -2.16. The van der Waals surface area contributed by atoms with E-state index in [1.54, 1.807) is 23.5 Å². The third-order valence-corrected chi connectivity index (χ3v) is 3.78. The van der Waals surface area contributed by atoms with E-state index < -0.39 is 5.97 Å². The average Bonchev–Trinajstić information content (AvgIpc) is 2.81. The summed E-state index contributed by atoms with van der Waals surface area (Å²) in [7, 11) is 0. The Bertz CT molecular complexity index is 659. The van der Waals surface area contributed by atoms with Crippen molar-refractivity contribution < 1.29 is 9.90 Å². The number of aromatic nitrogens is 2. The number of aromatic carboxylic acids is 1. The van der Waals surface area contributed by atoms with Crippen molar-refractivity contribution in [1.29, 1.82) is 0 Å². The third-order valence-electron chi connectivity index (χ3n) is 2.96. The lowest BCUT2D eigenvalue weighted by atomic mass is 9.91. The number of aryl methyl sites for hydroxylation is 1. The van der Waals surface area contributed by atoms with Gasteiger partial charge in [0.25, 0.3) is 0 Å². The molecule has 0 unspecified atom stereocenters. The number of rotatable bonds is 4. The molecule has 0 fully saturated rings. The molecule has 2 heterocycles. The highest BCUT2D eigenvalue weighted by Crippen LogP contribution is 2.23. The van der Waals surface area contributed by atoms with Gasteiger partial charge in [-0.2, -0.15) is 0 Å². The topological polar surface area (TPSA) is 75.1 Å². The van der Waals surface area contributed by atoms with Gasteiger partial charge in [-0.1, -0.05) is 20.8 Å². The molecule has 2 rings (SSSR count). The fourth-order valence-electron chi connectivity index (χ4n) is 1.80. The number of hydrogen-bond acceptors (Lipinski definition) is 5. The van der Waals surface area contributed by atoms with Crippen molar-refractivity contribution in [3.05, 3.63) is 39.5 Å². The molecule has 0 atom stereocenters. The van der Waals surface area contributed by atoms with Gasteiger partial charge in [0, 0.05) is 16.5 Å². The Morgan fingerprint density at radius 2 is 2.05 bits per heavy atom. The van der Waals surface area contributed by atoms with Crippen LogP contribution in [0, 0.1) is 6.92 Å². The Balaban J connectivity index is 2.25. The van der Waals surface area contributed by atoms with Crippen LogP contribution in [-0.2, 0) is 12.0 Å². The van der Waals surface area contributed by atoms with E-state index in [4.69, 9.17) is 0 Å². The zero-order chi connectivity index (χ0) is 15.6. The number of hydrogen-bond donors (Lipinski definition) is 2. The zero-order valence-electron chi connectivity index (χ0n) is 12.6. The largest absolute Gasteiger partial charge is 0.478 e. The number of nitrogens with one attached hydrogen (secondary N) is 1. The summed E-state index contributed by atoms with van der Waals surface area (Å²) in [5.74, 6) is -0.388. The minimum Gasteiger partial charge on any atom is -0.478 e. The second-order valence-corrected chi connectivity index (χ2v) is 6.96. The first-order chi connectivity index (χ1) is 9.75. The molecule has 6 heteroatoms. The second-order valence-electron chi connectivity index (χ2n) is 5.89. The van der Waals surface area contributed by atoms with Gasteiger partial charge in [0.2, 0.25) is 0 Å². The monoisotopic (exact) mass is 305 g/mol. The van der Waals surface area contributed by atoms with Crippen LogP contribution in [0.25, 0.3) is 0 Å². The highest BCUT2D eigenvalue weighted by molar-refractivity contribution is 7.09. The van der Waals surface area contributed by atoms with Crippen LogP contribution < -0.4 is 5.32 Å². The number of anilines is 1. The Morgan fingerprint density at radius 3 is 2.57 bits per heavy atom. The van der Waals surface area contributed by atoms with Crippen molar-refractivity contribution in [1.82, 2.24) is 9.97 Å².